The number of para-hydroxylation sites is 1. The molecule has 0 spiro atoms. The van der Waals surface area contributed by atoms with Crippen LogP contribution in [0.1, 0.15) is 21.5 Å². The molecule has 1 aliphatic heterocycles. The van der Waals surface area contributed by atoms with Gasteiger partial charge in [0.2, 0.25) is 0 Å². The van der Waals surface area contributed by atoms with Crippen molar-refractivity contribution in [3.63, 3.8) is 0 Å². The second kappa shape index (κ2) is 11.9. The number of anilines is 2. The predicted molar refractivity (Wildman–Crippen MR) is 140 cm³/mol. The van der Waals surface area contributed by atoms with Crippen molar-refractivity contribution >= 4 is 39.2 Å². The summed E-state index contributed by atoms with van der Waals surface area (Å²) >= 11 is 3.26. The van der Waals surface area contributed by atoms with E-state index in [2.05, 4.69) is 15.9 Å². The van der Waals surface area contributed by atoms with Crippen molar-refractivity contribution in [3.8, 4) is 11.5 Å². The molecule has 14 heteroatoms. The summed E-state index contributed by atoms with van der Waals surface area (Å²) in [5, 5.41) is 8.93. The Balaban J connectivity index is 1.68. The third kappa shape index (κ3) is 7.23. The van der Waals surface area contributed by atoms with Gasteiger partial charge >= 0.3 is 18.3 Å². The Morgan fingerprint density at radius 2 is 1.61 bits per heavy atom. The van der Waals surface area contributed by atoms with Gasteiger partial charge in [-0.3, -0.25) is 4.79 Å². The number of benzene rings is 3. The van der Waals surface area contributed by atoms with Crippen molar-refractivity contribution < 1.29 is 50.5 Å². The van der Waals surface area contributed by atoms with Crippen LogP contribution in [0, 0.1) is 0 Å². The lowest BCUT2D eigenvalue weighted by molar-refractivity contribution is -0.143. The standard InChI is InChI=1S/C27H21BrF6N2O5/c28-19-4-6-20(7-5-19)36(25(39)16-12-17(26(29,30)31)14-18(13-16)27(32,33)34)9-8-35-10-11-40-24-21(35)2-1-3-22(24)41-15-23(37)38/h1-7,12-14H,8-11,15H2,(H,37,38). The molecule has 0 saturated carbocycles. The van der Waals surface area contributed by atoms with Crippen molar-refractivity contribution in [1.29, 1.82) is 0 Å². The number of halogens is 7. The van der Waals surface area contributed by atoms with Gasteiger partial charge in [-0.05, 0) is 54.6 Å². The highest BCUT2D eigenvalue weighted by atomic mass is 79.9. The smallest absolute Gasteiger partial charge is 0.416 e. The third-order valence-electron chi connectivity index (χ3n) is 6.07. The van der Waals surface area contributed by atoms with Crippen molar-refractivity contribution in [3.05, 3.63) is 81.8 Å². The summed E-state index contributed by atoms with van der Waals surface area (Å²) in [6, 6.07) is 11.8. The fourth-order valence-electron chi connectivity index (χ4n) is 4.19. The average Bonchev–Trinajstić information content (AvgIpc) is 2.91. The quantitative estimate of drug-likeness (QED) is 0.282. The Morgan fingerprint density at radius 1 is 0.976 bits per heavy atom. The molecule has 7 nitrogen and oxygen atoms in total. The molecular formula is C27H21BrF6N2O5. The maximum Gasteiger partial charge on any atom is 0.416 e. The number of carbonyl (C=O) groups is 2. The van der Waals surface area contributed by atoms with E-state index in [-0.39, 0.29) is 42.9 Å². The molecule has 1 amide bonds. The first-order valence-corrected chi connectivity index (χ1v) is 12.8. The molecule has 0 aromatic heterocycles. The van der Waals surface area contributed by atoms with Gasteiger partial charge in [0.1, 0.15) is 6.61 Å². The van der Waals surface area contributed by atoms with Gasteiger partial charge in [0.15, 0.2) is 18.1 Å². The first-order valence-electron chi connectivity index (χ1n) is 12.0. The highest BCUT2D eigenvalue weighted by Crippen LogP contribution is 2.40. The number of amides is 1. The molecule has 0 unspecified atom stereocenters. The average molecular weight is 647 g/mol. The molecule has 1 heterocycles. The van der Waals surface area contributed by atoms with Gasteiger partial charge in [-0.1, -0.05) is 22.0 Å². The van der Waals surface area contributed by atoms with Gasteiger partial charge in [0.25, 0.3) is 5.91 Å². The summed E-state index contributed by atoms with van der Waals surface area (Å²) in [4.78, 5) is 27.4. The van der Waals surface area contributed by atoms with E-state index in [1.807, 2.05) is 0 Å². The van der Waals surface area contributed by atoms with Gasteiger partial charge < -0.3 is 24.4 Å². The molecule has 218 valence electrons. The van der Waals surface area contributed by atoms with Crippen molar-refractivity contribution in [2.45, 2.75) is 12.4 Å². The Bertz CT molecular complexity index is 1400. The van der Waals surface area contributed by atoms with Crippen LogP contribution in [0.5, 0.6) is 11.5 Å². The summed E-state index contributed by atoms with van der Waals surface area (Å²) in [6.07, 6.45) is -10.2. The number of aliphatic carboxylic acids is 1. The largest absolute Gasteiger partial charge is 0.486 e. The van der Waals surface area contributed by atoms with Crippen LogP contribution in [0.25, 0.3) is 0 Å². The summed E-state index contributed by atoms with van der Waals surface area (Å²) in [5.41, 5.74) is -3.20. The number of alkyl halides is 6. The third-order valence-corrected chi connectivity index (χ3v) is 6.60. The summed E-state index contributed by atoms with van der Waals surface area (Å²) in [6.45, 7) is -0.124. The molecule has 0 atom stereocenters. The Labute approximate surface area is 238 Å². The number of hydrogen-bond donors (Lipinski definition) is 1. The van der Waals surface area contributed by atoms with Crippen LogP contribution in [0.4, 0.5) is 37.7 Å². The number of carbonyl (C=O) groups excluding carboxylic acids is 1. The SMILES string of the molecule is O=C(O)COc1cccc2c1OCCN2CCN(C(=O)c1cc(C(F)(F)F)cc(C(F)(F)F)c1)c1ccc(Br)cc1. The second-order valence-electron chi connectivity index (χ2n) is 8.85. The van der Waals surface area contributed by atoms with E-state index >= 15 is 0 Å². The van der Waals surface area contributed by atoms with E-state index in [4.69, 9.17) is 14.6 Å². The fourth-order valence-corrected chi connectivity index (χ4v) is 4.45. The van der Waals surface area contributed by atoms with Gasteiger partial charge in [-0.15, -0.1) is 0 Å². The minimum atomic E-state index is -5.11. The second-order valence-corrected chi connectivity index (χ2v) is 9.77. The molecular weight excluding hydrogens is 626 g/mol. The van der Waals surface area contributed by atoms with Gasteiger partial charge in [-0.25, -0.2) is 4.79 Å². The Morgan fingerprint density at radius 3 is 2.20 bits per heavy atom. The monoisotopic (exact) mass is 646 g/mol. The maximum absolute atomic E-state index is 13.6. The normalized spacial score (nSPS) is 13.3. The van der Waals surface area contributed by atoms with Crippen LogP contribution in [-0.2, 0) is 17.1 Å². The number of fused-ring (bicyclic) bond motifs is 1. The highest BCUT2D eigenvalue weighted by Gasteiger charge is 2.38. The van der Waals surface area contributed by atoms with Crippen LogP contribution in [0.15, 0.2) is 65.1 Å². The summed E-state index contributed by atoms with van der Waals surface area (Å²) in [5.74, 6) is -1.80. The molecule has 0 aliphatic carbocycles. The Hall–Kier alpha value is -3.94. The van der Waals surface area contributed by atoms with Crippen LogP contribution >= 0.6 is 15.9 Å². The van der Waals surface area contributed by atoms with E-state index in [1.165, 1.54) is 18.2 Å². The van der Waals surface area contributed by atoms with Gasteiger partial charge in [-0.2, -0.15) is 26.3 Å². The molecule has 0 bridgehead atoms. The van der Waals surface area contributed by atoms with Gasteiger partial charge in [0.05, 0.1) is 23.4 Å². The number of nitrogens with zero attached hydrogens (tertiary/aromatic N) is 2. The topological polar surface area (TPSA) is 79.3 Å². The maximum atomic E-state index is 13.6. The fraction of sp³-hybridized carbons (Fsp3) is 0.259. The molecule has 4 rings (SSSR count). The van der Waals surface area contributed by atoms with Crippen LogP contribution in [0.2, 0.25) is 0 Å². The number of carboxylic acids is 1. The zero-order chi connectivity index (χ0) is 29.9. The van der Waals surface area contributed by atoms with Crippen molar-refractivity contribution in [1.82, 2.24) is 0 Å². The number of rotatable bonds is 8. The lowest BCUT2D eigenvalue weighted by atomic mass is 10.0. The van der Waals surface area contributed by atoms with Crippen LogP contribution in [0.3, 0.4) is 0 Å². The molecule has 0 saturated heterocycles. The van der Waals surface area contributed by atoms with E-state index in [1.54, 1.807) is 29.2 Å². The lowest BCUT2D eigenvalue weighted by Crippen LogP contribution is -2.42. The lowest BCUT2D eigenvalue weighted by Gasteiger charge is -2.34. The van der Waals surface area contributed by atoms with E-state index in [0.717, 1.165) is 4.90 Å². The van der Waals surface area contributed by atoms with E-state index in [0.29, 0.717) is 28.8 Å². The van der Waals surface area contributed by atoms with E-state index < -0.39 is 47.5 Å². The highest BCUT2D eigenvalue weighted by molar-refractivity contribution is 9.10. The Kier molecular flexibility index (Phi) is 8.71. The zero-order valence-corrected chi connectivity index (χ0v) is 22.5. The molecule has 3 aromatic rings. The minimum Gasteiger partial charge on any atom is -0.486 e. The first kappa shape index (κ1) is 30.0. The molecule has 0 fully saturated rings. The molecule has 3 aromatic carbocycles. The molecule has 0 radical (unpaired) electrons. The van der Waals surface area contributed by atoms with Gasteiger partial charge in [0, 0.05) is 28.8 Å². The number of ether oxygens (including phenoxy) is 2. The molecule has 1 N–H and O–H groups in total. The molecule has 41 heavy (non-hydrogen) atoms. The van der Waals surface area contributed by atoms with Crippen molar-refractivity contribution in [2.24, 2.45) is 0 Å². The van der Waals surface area contributed by atoms with E-state index in [9.17, 15) is 35.9 Å². The number of hydrogen-bond acceptors (Lipinski definition) is 5. The van der Waals surface area contributed by atoms with Crippen molar-refractivity contribution in [2.75, 3.05) is 42.6 Å². The predicted octanol–water partition coefficient (Wildman–Crippen LogP) is 6.50. The first-order chi connectivity index (χ1) is 19.2. The van der Waals surface area contributed by atoms with Crippen LogP contribution in [-0.4, -0.2) is 49.8 Å². The molecule has 1 aliphatic rings. The summed E-state index contributed by atoms with van der Waals surface area (Å²) in [7, 11) is 0. The zero-order valence-electron chi connectivity index (χ0n) is 20.9. The minimum absolute atomic E-state index is 0.0323. The number of carboxylic acid groups (broad SMARTS) is 1. The van der Waals surface area contributed by atoms with Crippen LogP contribution < -0.4 is 19.3 Å². The summed E-state index contributed by atoms with van der Waals surface area (Å²) < 4.78 is 92.4.